The second kappa shape index (κ2) is 8.48. The van der Waals surface area contributed by atoms with E-state index in [0.29, 0.717) is 17.8 Å². The molecule has 3 rings (SSSR count). The van der Waals surface area contributed by atoms with Crippen LogP contribution in [0.25, 0.3) is 0 Å². The number of hydrogen-bond acceptors (Lipinski definition) is 4. The van der Waals surface area contributed by atoms with E-state index in [1.54, 1.807) is 0 Å². The van der Waals surface area contributed by atoms with Gasteiger partial charge in [-0.15, -0.1) is 0 Å². The zero-order valence-corrected chi connectivity index (χ0v) is 15.1. The number of hydrogen-bond donors (Lipinski definition) is 2. The van der Waals surface area contributed by atoms with E-state index in [2.05, 4.69) is 10.3 Å². The normalized spacial score (nSPS) is 21.2. The van der Waals surface area contributed by atoms with Crippen LogP contribution in [0.5, 0.6) is 0 Å². The Morgan fingerprint density at radius 2 is 2.16 bits per heavy atom. The van der Waals surface area contributed by atoms with Crippen LogP contribution in [0.1, 0.15) is 60.0 Å². The standard InChI is InChI=1S/C20H29N3O2/c1-14-9-19(21)16(12-22-11-15-5-4-6-15)10-18(14)20(24)23-13-17-7-2-3-8-25-17/h9-10,12,15,17H,2-8,11,13,21H2,1H3,(H,23,24). The van der Waals surface area contributed by atoms with Crippen LogP contribution in [-0.4, -0.2) is 37.9 Å². The smallest absolute Gasteiger partial charge is 0.251 e. The number of carbonyl (C=O) groups is 1. The lowest BCUT2D eigenvalue weighted by Crippen LogP contribution is -2.35. The highest BCUT2D eigenvalue weighted by Crippen LogP contribution is 2.26. The van der Waals surface area contributed by atoms with Crippen molar-refractivity contribution < 1.29 is 9.53 Å². The predicted octanol–water partition coefficient (Wildman–Crippen LogP) is 3.10. The molecule has 3 N–H and O–H groups in total. The second-order valence-electron chi connectivity index (χ2n) is 7.29. The molecular formula is C20H29N3O2. The number of nitrogen functional groups attached to an aromatic ring is 1. The number of benzene rings is 1. The summed E-state index contributed by atoms with van der Waals surface area (Å²) in [5.41, 5.74) is 9.14. The molecule has 1 unspecified atom stereocenters. The van der Waals surface area contributed by atoms with Gasteiger partial charge in [0.05, 0.1) is 6.10 Å². The Hall–Kier alpha value is -1.88. The van der Waals surface area contributed by atoms with Gasteiger partial charge in [0.1, 0.15) is 0 Å². The van der Waals surface area contributed by atoms with Gasteiger partial charge in [-0.3, -0.25) is 9.79 Å². The number of aryl methyl sites for hydroxylation is 1. The minimum Gasteiger partial charge on any atom is -0.398 e. The molecule has 0 spiro atoms. The zero-order chi connectivity index (χ0) is 17.6. The van der Waals surface area contributed by atoms with Gasteiger partial charge in [-0.1, -0.05) is 6.42 Å². The molecule has 1 heterocycles. The number of rotatable bonds is 6. The van der Waals surface area contributed by atoms with E-state index in [9.17, 15) is 4.79 Å². The van der Waals surface area contributed by atoms with Crippen LogP contribution in [0, 0.1) is 12.8 Å². The van der Waals surface area contributed by atoms with Gasteiger partial charge in [0.25, 0.3) is 5.91 Å². The third-order valence-corrected chi connectivity index (χ3v) is 5.26. The average Bonchev–Trinajstić information content (AvgIpc) is 2.57. The average molecular weight is 343 g/mol. The first kappa shape index (κ1) is 17.9. The minimum absolute atomic E-state index is 0.0692. The number of carbonyl (C=O) groups excluding carboxylic acids is 1. The van der Waals surface area contributed by atoms with Crippen molar-refractivity contribution in [3.8, 4) is 0 Å². The monoisotopic (exact) mass is 343 g/mol. The SMILES string of the molecule is Cc1cc(N)c(C=NCC2CCC2)cc1C(=O)NCC1CCCCO1. The van der Waals surface area contributed by atoms with E-state index in [-0.39, 0.29) is 12.0 Å². The predicted molar refractivity (Wildman–Crippen MR) is 101 cm³/mol. The van der Waals surface area contributed by atoms with E-state index >= 15 is 0 Å². The van der Waals surface area contributed by atoms with Gasteiger partial charge < -0.3 is 15.8 Å². The molecule has 1 amide bonds. The number of nitrogens with one attached hydrogen (secondary N) is 1. The number of aliphatic imine (C=N–C) groups is 1. The fraction of sp³-hybridized carbons (Fsp3) is 0.600. The van der Waals surface area contributed by atoms with E-state index < -0.39 is 0 Å². The summed E-state index contributed by atoms with van der Waals surface area (Å²) in [4.78, 5) is 17.1. The molecule has 1 saturated heterocycles. The van der Waals surface area contributed by atoms with E-state index in [4.69, 9.17) is 10.5 Å². The lowest BCUT2D eigenvalue weighted by molar-refractivity contribution is 0.0169. The topological polar surface area (TPSA) is 76.7 Å². The summed E-state index contributed by atoms with van der Waals surface area (Å²) >= 11 is 0. The molecule has 2 fully saturated rings. The largest absolute Gasteiger partial charge is 0.398 e. The van der Waals surface area contributed by atoms with Crippen molar-refractivity contribution in [1.29, 1.82) is 0 Å². The lowest BCUT2D eigenvalue weighted by Gasteiger charge is -2.23. The van der Waals surface area contributed by atoms with Crippen molar-refractivity contribution in [1.82, 2.24) is 5.32 Å². The molecule has 25 heavy (non-hydrogen) atoms. The molecule has 0 aromatic heterocycles. The maximum absolute atomic E-state index is 12.6. The Balaban J connectivity index is 1.62. The molecule has 0 bridgehead atoms. The van der Waals surface area contributed by atoms with Gasteiger partial charge in [0.2, 0.25) is 0 Å². The molecule has 1 aromatic rings. The van der Waals surface area contributed by atoms with E-state index in [0.717, 1.165) is 43.0 Å². The lowest BCUT2D eigenvalue weighted by atomic mass is 9.86. The van der Waals surface area contributed by atoms with Crippen molar-refractivity contribution in [3.63, 3.8) is 0 Å². The molecule has 1 atom stereocenters. The highest BCUT2D eigenvalue weighted by Gasteiger charge is 2.18. The van der Waals surface area contributed by atoms with Gasteiger partial charge in [-0.2, -0.15) is 0 Å². The second-order valence-corrected chi connectivity index (χ2v) is 7.29. The van der Waals surface area contributed by atoms with Crippen molar-refractivity contribution >= 4 is 17.8 Å². The Kier molecular flexibility index (Phi) is 6.08. The van der Waals surface area contributed by atoms with Crippen LogP contribution in [0.3, 0.4) is 0 Å². The highest BCUT2D eigenvalue weighted by atomic mass is 16.5. The molecule has 136 valence electrons. The fourth-order valence-electron chi connectivity index (χ4n) is 3.35. The van der Waals surface area contributed by atoms with Crippen LogP contribution >= 0.6 is 0 Å². The van der Waals surface area contributed by atoms with E-state index in [1.165, 1.54) is 25.7 Å². The Bertz CT molecular complexity index is 632. The van der Waals surface area contributed by atoms with Crippen LogP contribution < -0.4 is 11.1 Å². The van der Waals surface area contributed by atoms with Crippen LogP contribution in [-0.2, 0) is 4.74 Å². The van der Waals surface area contributed by atoms with Crippen molar-refractivity contribution in [2.45, 2.75) is 51.6 Å². The fourth-order valence-corrected chi connectivity index (χ4v) is 3.35. The van der Waals surface area contributed by atoms with Crippen LogP contribution in [0.4, 0.5) is 5.69 Å². The highest BCUT2D eigenvalue weighted by molar-refractivity contribution is 5.99. The Morgan fingerprint density at radius 3 is 2.84 bits per heavy atom. The molecule has 1 aliphatic carbocycles. The molecular weight excluding hydrogens is 314 g/mol. The summed E-state index contributed by atoms with van der Waals surface area (Å²) in [5.74, 6) is 0.654. The van der Waals surface area contributed by atoms with Crippen molar-refractivity contribution in [2.24, 2.45) is 10.9 Å². The first-order valence-electron chi connectivity index (χ1n) is 9.43. The van der Waals surface area contributed by atoms with Crippen LogP contribution in [0.2, 0.25) is 0 Å². The molecule has 1 saturated carbocycles. The van der Waals surface area contributed by atoms with Crippen molar-refractivity contribution in [3.05, 3.63) is 28.8 Å². The molecule has 5 nitrogen and oxygen atoms in total. The summed E-state index contributed by atoms with van der Waals surface area (Å²) < 4.78 is 5.67. The van der Waals surface area contributed by atoms with Gasteiger partial charge in [-0.25, -0.2) is 0 Å². The number of anilines is 1. The van der Waals surface area contributed by atoms with Crippen LogP contribution in [0.15, 0.2) is 17.1 Å². The van der Waals surface area contributed by atoms with Gasteiger partial charge >= 0.3 is 0 Å². The third-order valence-electron chi connectivity index (χ3n) is 5.26. The quantitative estimate of drug-likeness (QED) is 0.615. The minimum atomic E-state index is -0.0692. The summed E-state index contributed by atoms with van der Waals surface area (Å²) in [6.45, 7) is 4.13. The van der Waals surface area contributed by atoms with Gasteiger partial charge in [-0.05, 0) is 62.6 Å². The molecule has 1 aromatic carbocycles. The first-order chi connectivity index (χ1) is 12.1. The number of ether oxygens (including phenoxy) is 1. The first-order valence-corrected chi connectivity index (χ1v) is 9.43. The number of nitrogens with zero attached hydrogens (tertiary/aromatic N) is 1. The summed E-state index contributed by atoms with van der Waals surface area (Å²) in [7, 11) is 0. The summed E-state index contributed by atoms with van der Waals surface area (Å²) in [6, 6.07) is 3.71. The zero-order valence-electron chi connectivity index (χ0n) is 15.1. The molecule has 0 radical (unpaired) electrons. The Morgan fingerprint density at radius 1 is 1.32 bits per heavy atom. The third kappa shape index (κ3) is 4.82. The number of amides is 1. The molecule has 1 aliphatic heterocycles. The van der Waals surface area contributed by atoms with E-state index in [1.807, 2.05) is 25.3 Å². The van der Waals surface area contributed by atoms with Gasteiger partial charge in [0.15, 0.2) is 0 Å². The molecule has 5 heteroatoms. The maximum atomic E-state index is 12.6. The molecule has 2 aliphatic rings. The number of nitrogens with two attached hydrogens (primary N) is 1. The maximum Gasteiger partial charge on any atom is 0.251 e. The summed E-state index contributed by atoms with van der Waals surface area (Å²) in [6.07, 6.45) is 9.12. The van der Waals surface area contributed by atoms with Crippen molar-refractivity contribution in [2.75, 3.05) is 25.4 Å². The summed E-state index contributed by atoms with van der Waals surface area (Å²) in [5, 5.41) is 3.00. The van der Waals surface area contributed by atoms with Gasteiger partial charge in [0, 0.05) is 42.7 Å². The Labute approximate surface area is 150 Å².